The van der Waals surface area contributed by atoms with Gasteiger partial charge in [0.2, 0.25) is 0 Å². The summed E-state index contributed by atoms with van der Waals surface area (Å²) in [5.74, 6) is 1.06. The van der Waals surface area contributed by atoms with Crippen LogP contribution in [0.4, 0.5) is 5.69 Å². The molecule has 2 heterocycles. The van der Waals surface area contributed by atoms with E-state index in [0.29, 0.717) is 17.4 Å². The van der Waals surface area contributed by atoms with E-state index in [4.69, 9.17) is 10.3 Å². The van der Waals surface area contributed by atoms with Gasteiger partial charge in [0.15, 0.2) is 5.82 Å². The predicted octanol–water partition coefficient (Wildman–Crippen LogP) is 3.04. The average Bonchev–Trinajstić information content (AvgIpc) is 2.99. The van der Waals surface area contributed by atoms with Crippen LogP contribution in [0.3, 0.4) is 0 Å². The number of anilines is 1. The number of hydrogen-bond donors (Lipinski definition) is 1. The number of pyridine rings is 1. The molecule has 3 rings (SSSR count). The van der Waals surface area contributed by atoms with E-state index in [1.54, 1.807) is 18.5 Å². The zero-order valence-electron chi connectivity index (χ0n) is 11.9. The maximum absolute atomic E-state index is 5.73. The van der Waals surface area contributed by atoms with Crippen molar-refractivity contribution >= 4 is 5.69 Å². The second-order valence-corrected chi connectivity index (χ2v) is 5.42. The summed E-state index contributed by atoms with van der Waals surface area (Å²) in [5, 5.41) is 4.12. The minimum Gasteiger partial charge on any atom is -0.397 e. The molecular formula is C16H16N4O. The molecule has 5 nitrogen and oxygen atoms in total. The van der Waals surface area contributed by atoms with Crippen LogP contribution in [0, 0.1) is 0 Å². The molecule has 0 radical (unpaired) electrons. The number of hydrogen-bond acceptors (Lipinski definition) is 5. The topological polar surface area (TPSA) is 77.8 Å². The van der Waals surface area contributed by atoms with Crippen molar-refractivity contribution in [1.82, 2.24) is 15.1 Å². The fraction of sp³-hybridized carbons (Fsp3) is 0.188. The highest BCUT2D eigenvalue weighted by Crippen LogP contribution is 2.30. The molecule has 0 fully saturated rings. The van der Waals surface area contributed by atoms with E-state index < -0.39 is 0 Å². The standard InChI is InChI=1S/C16H16N4O/c1-16(2,12-6-4-3-5-7-12)15-19-14(21-20-15)11-8-13(17)10-18-9-11/h3-10H,17H2,1-2H3. The maximum Gasteiger partial charge on any atom is 0.259 e. The summed E-state index contributed by atoms with van der Waals surface area (Å²) in [4.78, 5) is 8.53. The Morgan fingerprint density at radius 3 is 2.57 bits per heavy atom. The number of nitrogens with zero attached hydrogens (tertiary/aromatic N) is 3. The van der Waals surface area contributed by atoms with Gasteiger partial charge in [-0.25, -0.2) is 0 Å². The minimum absolute atomic E-state index is 0.337. The molecule has 2 aromatic heterocycles. The minimum atomic E-state index is -0.337. The lowest BCUT2D eigenvalue weighted by atomic mass is 9.84. The SMILES string of the molecule is CC(C)(c1ccccc1)c1noc(-c2cncc(N)c2)n1. The summed E-state index contributed by atoms with van der Waals surface area (Å²) in [6.07, 6.45) is 3.23. The summed E-state index contributed by atoms with van der Waals surface area (Å²) in [6, 6.07) is 11.9. The van der Waals surface area contributed by atoms with Crippen molar-refractivity contribution in [3.05, 3.63) is 60.2 Å². The smallest absolute Gasteiger partial charge is 0.259 e. The molecule has 0 atom stereocenters. The first-order valence-corrected chi connectivity index (χ1v) is 6.68. The van der Waals surface area contributed by atoms with Gasteiger partial charge in [0.1, 0.15) is 0 Å². The van der Waals surface area contributed by atoms with Crippen molar-refractivity contribution in [3.8, 4) is 11.5 Å². The molecule has 0 aliphatic heterocycles. The van der Waals surface area contributed by atoms with Gasteiger partial charge in [-0.05, 0) is 25.5 Å². The largest absolute Gasteiger partial charge is 0.397 e. The molecule has 0 aliphatic carbocycles. The second-order valence-electron chi connectivity index (χ2n) is 5.42. The van der Waals surface area contributed by atoms with Crippen LogP contribution in [-0.4, -0.2) is 15.1 Å². The lowest BCUT2D eigenvalue weighted by Crippen LogP contribution is -2.20. The van der Waals surface area contributed by atoms with Crippen molar-refractivity contribution in [1.29, 1.82) is 0 Å². The van der Waals surface area contributed by atoms with Gasteiger partial charge in [-0.15, -0.1) is 0 Å². The molecule has 0 bridgehead atoms. The molecule has 21 heavy (non-hydrogen) atoms. The quantitative estimate of drug-likeness (QED) is 0.797. The Hall–Kier alpha value is -2.69. The maximum atomic E-state index is 5.73. The molecule has 0 aliphatic rings. The van der Waals surface area contributed by atoms with Crippen LogP contribution in [0.15, 0.2) is 53.3 Å². The summed E-state index contributed by atoms with van der Waals surface area (Å²) in [7, 11) is 0. The molecule has 3 aromatic rings. The van der Waals surface area contributed by atoms with E-state index in [9.17, 15) is 0 Å². The Bertz CT molecular complexity index is 750. The van der Waals surface area contributed by atoms with Crippen molar-refractivity contribution in [2.75, 3.05) is 5.73 Å². The van der Waals surface area contributed by atoms with E-state index in [1.165, 1.54) is 0 Å². The van der Waals surface area contributed by atoms with Crippen LogP contribution in [0.2, 0.25) is 0 Å². The molecule has 2 N–H and O–H groups in total. The number of benzene rings is 1. The first-order valence-electron chi connectivity index (χ1n) is 6.68. The number of aromatic nitrogens is 3. The van der Waals surface area contributed by atoms with Gasteiger partial charge in [-0.1, -0.05) is 35.5 Å². The number of nitrogen functional groups attached to an aromatic ring is 1. The van der Waals surface area contributed by atoms with Crippen molar-refractivity contribution in [2.45, 2.75) is 19.3 Å². The van der Waals surface area contributed by atoms with Crippen LogP contribution in [0.5, 0.6) is 0 Å². The fourth-order valence-electron chi connectivity index (χ4n) is 2.15. The molecule has 0 amide bonds. The van der Waals surface area contributed by atoms with Gasteiger partial charge in [0.25, 0.3) is 5.89 Å². The molecule has 5 heteroatoms. The fourth-order valence-corrected chi connectivity index (χ4v) is 2.15. The van der Waals surface area contributed by atoms with Crippen LogP contribution in [0.1, 0.15) is 25.2 Å². The van der Waals surface area contributed by atoms with E-state index in [1.807, 2.05) is 18.2 Å². The Labute approximate surface area is 122 Å². The predicted molar refractivity (Wildman–Crippen MR) is 80.5 cm³/mol. The molecule has 0 saturated heterocycles. The van der Waals surface area contributed by atoms with Crippen LogP contribution in [0.25, 0.3) is 11.5 Å². The molecular weight excluding hydrogens is 264 g/mol. The lowest BCUT2D eigenvalue weighted by molar-refractivity contribution is 0.408. The van der Waals surface area contributed by atoms with Gasteiger partial charge in [0.05, 0.1) is 16.7 Å². The highest BCUT2D eigenvalue weighted by Gasteiger charge is 2.29. The highest BCUT2D eigenvalue weighted by molar-refractivity contribution is 5.57. The van der Waals surface area contributed by atoms with Gasteiger partial charge >= 0.3 is 0 Å². The Morgan fingerprint density at radius 1 is 1.10 bits per heavy atom. The Balaban J connectivity index is 1.98. The molecule has 0 spiro atoms. The Morgan fingerprint density at radius 2 is 1.86 bits per heavy atom. The van der Waals surface area contributed by atoms with E-state index >= 15 is 0 Å². The van der Waals surface area contributed by atoms with Crippen LogP contribution < -0.4 is 5.73 Å². The van der Waals surface area contributed by atoms with Crippen molar-refractivity contribution < 1.29 is 4.52 Å². The van der Waals surface area contributed by atoms with E-state index in [0.717, 1.165) is 11.1 Å². The zero-order valence-corrected chi connectivity index (χ0v) is 11.9. The normalized spacial score (nSPS) is 11.5. The van der Waals surface area contributed by atoms with E-state index in [2.05, 4.69) is 41.1 Å². The first-order chi connectivity index (χ1) is 10.1. The van der Waals surface area contributed by atoms with Crippen molar-refractivity contribution in [3.63, 3.8) is 0 Å². The number of rotatable bonds is 3. The zero-order chi connectivity index (χ0) is 14.9. The monoisotopic (exact) mass is 280 g/mol. The average molecular weight is 280 g/mol. The van der Waals surface area contributed by atoms with Gasteiger partial charge in [-0.3, -0.25) is 4.98 Å². The summed E-state index contributed by atoms with van der Waals surface area (Å²) in [5.41, 5.74) is 7.80. The third-order valence-corrected chi connectivity index (χ3v) is 3.49. The van der Waals surface area contributed by atoms with Gasteiger partial charge in [-0.2, -0.15) is 4.98 Å². The van der Waals surface area contributed by atoms with Crippen molar-refractivity contribution in [2.24, 2.45) is 0 Å². The lowest BCUT2D eigenvalue weighted by Gasteiger charge is -2.20. The molecule has 1 aromatic carbocycles. The van der Waals surface area contributed by atoms with Crippen LogP contribution in [-0.2, 0) is 5.41 Å². The number of nitrogens with two attached hydrogens (primary N) is 1. The molecule has 106 valence electrons. The molecule has 0 unspecified atom stereocenters. The third kappa shape index (κ3) is 2.50. The second kappa shape index (κ2) is 5.01. The third-order valence-electron chi connectivity index (χ3n) is 3.49. The summed E-state index contributed by atoms with van der Waals surface area (Å²) >= 11 is 0. The molecule has 0 saturated carbocycles. The van der Waals surface area contributed by atoms with Gasteiger partial charge < -0.3 is 10.3 Å². The summed E-state index contributed by atoms with van der Waals surface area (Å²) < 4.78 is 5.36. The van der Waals surface area contributed by atoms with Crippen LogP contribution >= 0.6 is 0 Å². The van der Waals surface area contributed by atoms with Gasteiger partial charge in [0, 0.05) is 12.4 Å². The summed E-state index contributed by atoms with van der Waals surface area (Å²) in [6.45, 7) is 4.13. The van der Waals surface area contributed by atoms with E-state index in [-0.39, 0.29) is 5.41 Å². The highest BCUT2D eigenvalue weighted by atomic mass is 16.5. The first kappa shape index (κ1) is 13.3. The Kier molecular flexibility index (Phi) is 3.17.